The second-order valence-electron chi connectivity index (χ2n) is 2.67. The van der Waals surface area contributed by atoms with Gasteiger partial charge in [0.05, 0.1) is 0 Å². The fourth-order valence-electron chi connectivity index (χ4n) is 0.350. The van der Waals surface area contributed by atoms with Gasteiger partial charge in [-0.3, -0.25) is 0 Å². The Morgan fingerprint density at radius 1 is 0.917 bits per heavy atom. The van der Waals surface area contributed by atoms with E-state index in [4.69, 9.17) is 0 Å². The highest BCUT2D eigenvalue weighted by Crippen LogP contribution is 1.73. The summed E-state index contributed by atoms with van der Waals surface area (Å²) in [5.74, 6) is 0. The monoisotopic (exact) mass is 170 g/mol. The van der Waals surface area contributed by atoms with Crippen LogP contribution in [0.1, 0.15) is 27.7 Å². The Balaban J connectivity index is 3.76. The van der Waals surface area contributed by atoms with Crippen LogP contribution < -0.4 is 10.9 Å². The van der Waals surface area contributed by atoms with Crippen molar-refractivity contribution < 1.29 is 4.79 Å². The summed E-state index contributed by atoms with van der Waals surface area (Å²) < 4.78 is 0. The lowest BCUT2D eigenvalue weighted by atomic mass is 10.5. The van der Waals surface area contributed by atoms with Crippen molar-refractivity contribution in [2.45, 2.75) is 27.7 Å². The van der Waals surface area contributed by atoms with Gasteiger partial charge < -0.3 is 0 Å². The van der Waals surface area contributed by atoms with E-state index >= 15 is 0 Å². The quantitative estimate of drug-likeness (QED) is 0.472. The third-order valence-corrected chi connectivity index (χ3v) is 0.762. The van der Waals surface area contributed by atoms with Crippen molar-refractivity contribution in [3.63, 3.8) is 0 Å². The first-order valence-corrected chi connectivity index (χ1v) is 3.60. The van der Waals surface area contributed by atoms with Gasteiger partial charge in [-0.05, 0) is 27.7 Å². The van der Waals surface area contributed by atoms with E-state index in [1.54, 1.807) is 27.7 Å². The molecule has 0 fully saturated rings. The molecule has 2 N–H and O–H groups in total. The van der Waals surface area contributed by atoms with Crippen molar-refractivity contribution in [1.29, 1.82) is 0 Å². The van der Waals surface area contributed by atoms with Crippen molar-refractivity contribution in [2.24, 2.45) is 10.2 Å². The highest BCUT2D eigenvalue weighted by molar-refractivity contribution is 5.83. The SMILES string of the molecule is CC(C)=NNC(=O)NN=C(C)C. The summed E-state index contributed by atoms with van der Waals surface area (Å²) in [7, 11) is 0. The first kappa shape index (κ1) is 10.6. The van der Waals surface area contributed by atoms with Gasteiger partial charge in [0.15, 0.2) is 0 Å². The molecule has 68 valence electrons. The van der Waals surface area contributed by atoms with Gasteiger partial charge in [0.1, 0.15) is 0 Å². The van der Waals surface area contributed by atoms with E-state index in [0.29, 0.717) is 0 Å². The van der Waals surface area contributed by atoms with Gasteiger partial charge in [-0.15, -0.1) is 0 Å². The lowest BCUT2D eigenvalue weighted by Gasteiger charge is -1.98. The Morgan fingerprint density at radius 2 is 1.25 bits per heavy atom. The fraction of sp³-hybridized carbons (Fsp3) is 0.571. The average molecular weight is 170 g/mol. The maximum atomic E-state index is 10.8. The molecule has 0 rings (SSSR count). The van der Waals surface area contributed by atoms with Crippen LogP contribution in [0.25, 0.3) is 0 Å². The van der Waals surface area contributed by atoms with Crippen LogP contribution in [0.3, 0.4) is 0 Å². The van der Waals surface area contributed by atoms with E-state index in [-0.39, 0.29) is 0 Å². The molecule has 0 saturated heterocycles. The largest absolute Gasteiger partial charge is 0.355 e. The van der Waals surface area contributed by atoms with E-state index in [0.717, 1.165) is 11.4 Å². The molecule has 0 aromatic carbocycles. The maximum Gasteiger partial charge on any atom is 0.355 e. The van der Waals surface area contributed by atoms with Crippen LogP contribution in [0.15, 0.2) is 10.2 Å². The molecule has 5 nitrogen and oxygen atoms in total. The second-order valence-corrected chi connectivity index (χ2v) is 2.67. The Bertz CT molecular complexity index is 189. The third kappa shape index (κ3) is 6.73. The molecule has 0 heterocycles. The number of hydrazone groups is 2. The normalized spacial score (nSPS) is 8.33. The molecule has 0 saturated carbocycles. The minimum atomic E-state index is -0.433. The molecule has 12 heavy (non-hydrogen) atoms. The first-order valence-electron chi connectivity index (χ1n) is 3.60. The van der Waals surface area contributed by atoms with Crippen LogP contribution in [0, 0.1) is 0 Å². The van der Waals surface area contributed by atoms with Gasteiger partial charge >= 0.3 is 6.03 Å². The minimum absolute atomic E-state index is 0.433. The van der Waals surface area contributed by atoms with Crippen LogP contribution in [-0.4, -0.2) is 17.5 Å². The summed E-state index contributed by atoms with van der Waals surface area (Å²) in [6.45, 7) is 7.15. The highest BCUT2D eigenvalue weighted by Gasteiger charge is 1.93. The van der Waals surface area contributed by atoms with Crippen LogP contribution in [0.5, 0.6) is 0 Å². The molecule has 0 radical (unpaired) electrons. The summed E-state index contributed by atoms with van der Waals surface area (Å²) in [5.41, 5.74) is 6.10. The van der Waals surface area contributed by atoms with Gasteiger partial charge in [0, 0.05) is 11.4 Å². The van der Waals surface area contributed by atoms with Crippen LogP contribution >= 0.6 is 0 Å². The van der Waals surface area contributed by atoms with Gasteiger partial charge in [0.2, 0.25) is 0 Å². The van der Waals surface area contributed by atoms with E-state index in [2.05, 4.69) is 21.1 Å². The molecule has 0 spiro atoms. The number of amides is 2. The molecular formula is C7H14N4O. The van der Waals surface area contributed by atoms with Crippen molar-refractivity contribution in [3.8, 4) is 0 Å². The van der Waals surface area contributed by atoms with E-state index in [1.807, 2.05) is 0 Å². The Morgan fingerprint density at radius 3 is 1.50 bits per heavy atom. The van der Waals surface area contributed by atoms with Crippen molar-refractivity contribution in [3.05, 3.63) is 0 Å². The molecule has 0 aromatic heterocycles. The predicted molar refractivity (Wildman–Crippen MR) is 49.2 cm³/mol. The van der Waals surface area contributed by atoms with E-state index in [1.165, 1.54) is 0 Å². The van der Waals surface area contributed by atoms with Crippen LogP contribution in [0.2, 0.25) is 0 Å². The topological polar surface area (TPSA) is 65.8 Å². The van der Waals surface area contributed by atoms with Crippen molar-refractivity contribution in [1.82, 2.24) is 10.9 Å². The number of nitrogens with zero attached hydrogens (tertiary/aromatic N) is 2. The molecule has 0 bridgehead atoms. The number of urea groups is 1. The smallest absolute Gasteiger partial charge is 0.245 e. The zero-order valence-corrected chi connectivity index (χ0v) is 7.80. The Hall–Kier alpha value is -1.39. The number of hydrogen-bond acceptors (Lipinski definition) is 3. The Labute approximate surface area is 71.9 Å². The predicted octanol–water partition coefficient (Wildman–Crippen LogP) is 1.08. The molecule has 0 aliphatic heterocycles. The van der Waals surface area contributed by atoms with Gasteiger partial charge in [-0.1, -0.05) is 0 Å². The number of hydrogen-bond donors (Lipinski definition) is 2. The summed E-state index contributed by atoms with van der Waals surface area (Å²) in [6.07, 6.45) is 0. The summed E-state index contributed by atoms with van der Waals surface area (Å²) in [5, 5.41) is 7.38. The zero-order chi connectivity index (χ0) is 9.56. The van der Waals surface area contributed by atoms with E-state index < -0.39 is 6.03 Å². The summed E-state index contributed by atoms with van der Waals surface area (Å²) in [4.78, 5) is 10.8. The van der Waals surface area contributed by atoms with Crippen LogP contribution in [-0.2, 0) is 0 Å². The summed E-state index contributed by atoms with van der Waals surface area (Å²) >= 11 is 0. The van der Waals surface area contributed by atoms with E-state index in [9.17, 15) is 4.79 Å². The summed E-state index contributed by atoms with van der Waals surface area (Å²) in [6, 6.07) is -0.433. The van der Waals surface area contributed by atoms with Crippen molar-refractivity contribution in [2.75, 3.05) is 0 Å². The van der Waals surface area contributed by atoms with Gasteiger partial charge in [0.25, 0.3) is 0 Å². The first-order chi connectivity index (χ1) is 5.52. The highest BCUT2D eigenvalue weighted by atomic mass is 16.2. The standard InChI is InChI=1S/C7H14N4O/c1-5(2)8-10-7(12)11-9-6(3)4/h1-4H3,(H2,10,11,12). The molecule has 0 aromatic rings. The number of carbonyl (C=O) groups excluding carboxylic acids is 1. The fourth-order valence-corrected chi connectivity index (χ4v) is 0.350. The molecule has 0 unspecified atom stereocenters. The molecule has 0 atom stereocenters. The van der Waals surface area contributed by atoms with Crippen LogP contribution in [0.4, 0.5) is 4.79 Å². The molecule has 0 aliphatic carbocycles. The minimum Gasteiger partial charge on any atom is -0.245 e. The molecule has 2 amide bonds. The van der Waals surface area contributed by atoms with Gasteiger partial charge in [-0.25, -0.2) is 15.6 Å². The average Bonchev–Trinajstić information content (AvgIpc) is 1.96. The third-order valence-electron chi connectivity index (χ3n) is 0.762. The number of rotatable bonds is 2. The molecule has 0 aliphatic rings. The number of carbonyl (C=O) groups is 1. The van der Waals surface area contributed by atoms with Gasteiger partial charge in [-0.2, -0.15) is 10.2 Å². The lowest BCUT2D eigenvalue weighted by molar-refractivity contribution is 0.242. The van der Waals surface area contributed by atoms with Crippen molar-refractivity contribution >= 4 is 17.5 Å². The maximum absolute atomic E-state index is 10.8. The molecule has 5 heteroatoms. The Kier molecular flexibility index (Phi) is 4.67. The zero-order valence-electron chi connectivity index (χ0n) is 7.80. The second kappa shape index (κ2) is 5.29. The number of nitrogens with one attached hydrogen (secondary N) is 2. The lowest BCUT2D eigenvalue weighted by Crippen LogP contribution is -2.29. The molecular weight excluding hydrogens is 156 g/mol.